The quantitative estimate of drug-likeness (QED) is 0.641. The van der Waals surface area contributed by atoms with E-state index in [2.05, 4.69) is 5.32 Å². The maximum absolute atomic E-state index is 11.4. The van der Waals surface area contributed by atoms with E-state index in [1.165, 1.54) is 0 Å². The van der Waals surface area contributed by atoms with Crippen LogP contribution in [0.2, 0.25) is 0 Å². The number of nitrogens with one attached hydrogen (secondary N) is 1. The summed E-state index contributed by atoms with van der Waals surface area (Å²) >= 11 is 0. The molecule has 0 aliphatic heterocycles. The molecule has 0 fully saturated rings. The van der Waals surface area contributed by atoms with Crippen LogP contribution < -0.4 is 11.1 Å². The average Bonchev–Trinajstić information content (AvgIpc) is 2.13. The van der Waals surface area contributed by atoms with E-state index < -0.39 is 23.7 Å². The van der Waals surface area contributed by atoms with E-state index in [0.717, 1.165) is 6.42 Å². The number of alkyl carbamates (subject to hydrolysis) is 1. The Morgan fingerprint density at radius 2 is 1.89 bits per heavy atom. The Bertz CT molecular complexity index is 266. The molecule has 18 heavy (non-hydrogen) atoms. The molecule has 0 saturated carbocycles. The van der Waals surface area contributed by atoms with Gasteiger partial charge in [0.2, 0.25) is 0 Å². The Morgan fingerprint density at radius 1 is 1.33 bits per heavy atom. The Kier molecular flexibility index (Phi) is 9.66. The monoisotopic (exact) mass is 282 g/mol. The Hall–Kier alpha value is -1.01. The second-order valence-corrected chi connectivity index (χ2v) is 4.82. The van der Waals surface area contributed by atoms with Crippen molar-refractivity contribution in [3.63, 3.8) is 0 Å². The first-order valence-corrected chi connectivity index (χ1v) is 5.68. The Morgan fingerprint density at radius 3 is 2.28 bits per heavy atom. The Balaban J connectivity index is 0. The number of carboxylic acid groups (broad SMARTS) is 1. The third-order valence-corrected chi connectivity index (χ3v) is 1.94. The Labute approximate surface area is 114 Å². The summed E-state index contributed by atoms with van der Waals surface area (Å²) in [5.74, 6) is -1.06. The molecule has 0 saturated heterocycles. The summed E-state index contributed by atoms with van der Waals surface area (Å²) in [6.07, 6.45) is 1.03. The molecule has 0 spiro atoms. The molecule has 1 amide bonds. The van der Waals surface area contributed by atoms with Crippen molar-refractivity contribution in [1.82, 2.24) is 5.32 Å². The number of aliphatic carboxylic acids is 1. The molecular formula is C11H23ClN2O4. The van der Waals surface area contributed by atoms with Crippen molar-refractivity contribution in [2.75, 3.05) is 6.54 Å². The van der Waals surface area contributed by atoms with E-state index in [1.807, 2.05) is 0 Å². The maximum Gasteiger partial charge on any atom is 0.408 e. The molecule has 7 heteroatoms. The highest BCUT2D eigenvalue weighted by atomic mass is 35.5. The average molecular weight is 283 g/mol. The number of rotatable bonds is 6. The number of carbonyl (C=O) groups excluding carboxylic acids is 1. The summed E-state index contributed by atoms with van der Waals surface area (Å²) in [6, 6.07) is -0.920. The van der Waals surface area contributed by atoms with Crippen molar-refractivity contribution in [3.8, 4) is 0 Å². The van der Waals surface area contributed by atoms with Gasteiger partial charge < -0.3 is 20.9 Å². The molecule has 0 aromatic carbocycles. The van der Waals surface area contributed by atoms with Crippen molar-refractivity contribution >= 4 is 24.5 Å². The number of hydrogen-bond donors (Lipinski definition) is 3. The standard InChI is InChI=1S/C11H22N2O4.ClH/c1-11(2,3)17-10(16)13-8(9(14)15)6-4-5-7-12;/h8H,4-7,12H2,1-3H3,(H,13,16)(H,14,15);1H. The van der Waals surface area contributed by atoms with E-state index in [0.29, 0.717) is 19.4 Å². The lowest BCUT2D eigenvalue weighted by Gasteiger charge is -2.21. The van der Waals surface area contributed by atoms with E-state index in [9.17, 15) is 9.59 Å². The van der Waals surface area contributed by atoms with Crippen molar-refractivity contribution in [1.29, 1.82) is 0 Å². The lowest BCUT2D eigenvalue weighted by Crippen LogP contribution is -2.43. The second-order valence-electron chi connectivity index (χ2n) is 4.82. The number of unbranched alkanes of at least 4 members (excludes halogenated alkanes) is 1. The smallest absolute Gasteiger partial charge is 0.408 e. The van der Waals surface area contributed by atoms with Crippen molar-refractivity contribution < 1.29 is 19.4 Å². The SMILES string of the molecule is CC(C)(C)OC(=O)NC(CCCCN)C(=O)O.Cl. The third kappa shape index (κ3) is 10.2. The van der Waals surface area contributed by atoms with Gasteiger partial charge in [-0.2, -0.15) is 0 Å². The van der Waals surface area contributed by atoms with Crippen LogP contribution in [0.5, 0.6) is 0 Å². The van der Waals surface area contributed by atoms with Gasteiger partial charge in [0.05, 0.1) is 0 Å². The largest absolute Gasteiger partial charge is 0.480 e. The van der Waals surface area contributed by atoms with Gasteiger partial charge in [-0.05, 0) is 46.6 Å². The number of nitrogens with two attached hydrogens (primary N) is 1. The first-order valence-electron chi connectivity index (χ1n) is 5.68. The normalized spacial score (nSPS) is 12.2. The van der Waals surface area contributed by atoms with Crippen LogP contribution in [0.4, 0.5) is 4.79 Å². The molecule has 4 N–H and O–H groups in total. The van der Waals surface area contributed by atoms with Gasteiger partial charge in [-0.1, -0.05) is 0 Å². The number of ether oxygens (including phenoxy) is 1. The molecule has 0 aliphatic rings. The van der Waals surface area contributed by atoms with Crippen LogP contribution in [0, 0.1) is 0 Å². The molecule has 1 atom stereocenters. The van der Waals surface area contributed by atoms with Gasteiger partial charge in [-0.25, -0.2) is 9.59 Å². The van der Waals surface area contributed by atoms with Crippen LogP contribution in [0.25, 0.3) is 0 Å². The first-order chi connectivity index (χ1) is 7.76. The lowest BCUT2D eigenvalue weighted by molar-refractivity contribution is -0.139. The minimum absolute atomic E-state index is 0. The van der Waals surface area contributed by atoms with E-state index in [1.54, 1.807) is 20.8 Å². The van der Waals surface area contributed by atoms with E-state index >= 15 is 0 Å². The summed E-state index contributed by atoms with van der Waals surface area (Å²) < 4.78 is 4.99. The van der Waals surface area contributed by atoms with Gasteiger partial charge in [0.1, 0.15) is 11.6 Å². The zero-order valence-corrected chi connectivity index (χ0v) is 11.9. The molecular weight excluding hydrogens is 260 g/mol. The minimum atomic E-state index is -1.06. The van der Waals surface area contributed by atoms with Gasteiger partial charge in [-0.3, -0.25) is 0 Å². The van der Waals surface area contributed by atoms with Crippen LogP contribution in [0.15, 0.2) is 0 Å². The summed E-state index contributed by atoms with van der Waals surface area (Å²) in [6.45, 7) is 5.67. The highest BCUT2D eigenvalue weighted by molar-refractivity contribution is 5.85. The van der Waals surface area contributed by atoms with Crippen molar-refractivity contribution in [2.24, 2.45) is 5.73 Å². The number of amides is 1. The van der Waals surface area contributed by atoms with E-state index in [-0.39, 0.29) is 12.4 Å². The van der Waals surface area contributed by atoms with Gasteiger partial charge in [0.25, 0.3) is 0 Å². The van der Waals surface area contributed by atoms with Crippen LogP contribution in [0.3, 0.4) is 0 Å². The molecule has 0 rings (SSSR count). The maximum atomic E-state index is 11.4. The summed E-state index contributed by atoms with van der Waals surface area (Å²) in [7, 11) is 0. The van der Waals surface area contributed by atoms with Crippen LogP contribution in [-0.4, -0.2) is 35.4 Å². The molecule has 0 aromatic heterocycles. The van der Waals surface area contributed by atoms with E-state index in [4.69, 9.17) is 15.6 Å². The number of carbonyl (C=O) groups is 2. The molecule has 0 aromatic rings. The first kappa shape index (κ1) is 19.3. The highest BCUT2D eigenvalue weighted by Crippen LogP contribution is 2.08. The topological polar surface area (TPSA) is 102 Å². The molecule has 6 nitrogen and oxygen atoms in total. The molecule has 108 valence electrons. The van der Waals surface area contributed by atoms with Crippen molar-refractivity contribution in [3.05, 3.63) is 0 Å². The van der Waals surface area contributed by atoms with Gasteiger partial charge in [-0.15, -0.1) is 12.4 Å². The van der Waals surface area contributed by atoms with Crippen molar-refractivity contribution in [2.45, 2.75) is 51.7 Å². The summed E-state index contributed by atoms with van der Waals surface area (Å²) in [4.78, 5) is 22.3. The predicted octanol–water partition coefficient (Wildman–Crippen LogP) is 1.52. The van der Waals surface area contributed by atoms with Crippen LogP contribution in [-0.2, 0) is 9.53 Å². The van der Waals surface area contributed by atoms with Crippen LogP contribution in [0.1, 0.15) is 40.0 Å². The number of hydrogen-bond acceptors (Lipinski definition) is 4. The molecule has 1 unspecified atom stereocenters. The highest BCUT2D eigenvalue weighted by Gasteiger charge is 2.23. The fraction of sp³-hybridized carbons (Fsp3) is 0.818. The molecule has 0 aliphatic carbocycles. The fourth-order valence-electron chi connectivity index (χ4n) is 1.20. The zero-order valence-electron chi connectivity index (χ0n) is 11.1. The fourth-order valence-corrected chi connectivity index (χ4v) is 1.20. The minimum Gasteiger partial charge on any atom is -0.480 e. The lowest BCUT2D eigenvalue weighted by atomic mass is 10.1. The van der Waals surface area contributed by atoms with Gasteiger partial charge in [0.15, 0.2) is 0 Å². The molecule has 0 heterocycles. The zero-order chi connectivity index (χ0) is 13.5. The number of carboxylic acids is 1. The molecule has 0 radical (unpaired) electrons. The number of halogens is 1. The summed E-state index contributed by atoms with van der Waals surface area (Å²) in [5.41, 5.74) is 4.68. The second kappa shape index (κ2) is 8.99. The third-order valence-electron chi connectivity index (χ3n) is 1.94. The van der Waals surface area contributed by atoms with Gasteiger partial charge >= 0.3 is 12.1 Å². The summed E-state index contributed by atoms with van der Waals surface area (Å²) in [5, 5.41) is 11.2. The van der Waals surface area contributed by atoms with Crippen LogP contribution >= 0.6 is 12.4 Å². The molecule has 0 bridgehead atoms. The van der Waals surface area contributed by atoms with Gasteiger partial charge in [0, 0.05) is 0 Å². The predicted molar refractivity (Wildman–Crippen MR) is 70.9 cm³/mol.